The highest BCUT2D eigenvalue weighted by Crippen LogP contribution is 2.89. The Morgan fingerprint density at radius 2 is 1.53 bits per heavy atom. The lowest BCUT2D eigenvalue weighted by atomic mass is 9.91. The van der Waals surface area contributed by atoms with Gasteiger partial charge in [0, 0.05) is 12.5 Å². The number of hydrogen-bond donors (Lipinski definition) is 1. The van der Waals surface area contributed by atoms with Gasteiger partial charge in [-0.05, 0) is 72.5 Å². The van der Waals surface area contributed by atoms with Gasteiger partial charge in [0.15, 0.2) is 0 Å². The monoisotopic (exact) mass is 229 g/mol. The molecule has 0 heterocycles. The summed E-state index contributed by atoms with van der Waals surface area (Å²) >= 11 is 0. The molecule has 7 fully saturated rings. The quantitative estimate of drug-likeness (QED) is 0.781. The highest BCUT2D eigenvalue weighted by Gasteiger charge is 2.87. The second-order valence-electron chi connectivity index (χ2n) is 7.74. The van der Waals surface area contributed by atoms with E-state index < -0.39 is 0 Å². The number of carbonyl (C=O) groups excluding carboxylic acids is 1. The number of rotatable bonds is 3. The molecular formula is C15H19NO. The molecule has 90 valence electrons. The molecule has 17 heavy (non-hydrogen) atoms. The molecule has 0 radical (unpaired) electrons. The van der Waals surface area contributed by atoms with Crippen LogP contribution in [0.3, 0.4) is 0 Å². The van der Waals surface area contributed by atoms with Crippen molar-refractivity contribution in [3.8, 4) is 0 Å². The van der Waals surface area contributed by atoms with Gasteiger partial charge in [0.1, 0.15) is 0 Å². The molecule has 7 saturated carbocycles. The second kappa shape index (κ2) is 2.31. The molecule has 1 N–H and O–H groups in total. The third-order valence-electron chi connectivity index (χ3n) is 7.30. The van der Waals surface area contributed by atoms with Crippen molar-refractivity contribution >= 4 is 5.91 Å². The van der Waals surface area contributed by atoms with Crippen LogP contribution in [0.15, 0.2) is 0 Å². The summed E-state index contributed by atoms with van der Waals surface area (Å²) in [5.74, 6) is 9.86. The smallest absolute Gasteiger partial charge is 0.223 e. The molecule has 3 unspecified atom stereocenters. The molecule has 6 bridgehead atoms. The minimum absolute atomic E-state index is 0.431. The zero-order valence-corrected chi connectivity index (χ0v) is 10.0. The largest absolute Gasteiger partial charge is 0.356 e. The van der Waals surface area contributed by atoms with E-state index in [-0.39, 0.29) is 0 Å². The summed E-state index contributed by atoms with van der Waals surface area (Å²) in [6.45, 7) is 0.975. The van der Waals surface area contributed by atoms with Crippen LogP contribution < -0.4 is 5.32 Å². The van der Waals surface area contributed by atoms with Gasteiger partial charge in [0.25, 0.3) is 0 Å². The van der Waals surface area contributed by atoms with Crippen molar-refractivity contribution in [3.63, 3.8) is 0 Å². The van der Waals surface area contributed by atoms with Gasteiger partial charge >= 0.3 is 0 Å². The Kier molecular flexibility index (Phi) is 1.16. The van der Waals surface area contributed by atoms with Crippen LogP contribution in [0.25, 0.3) is 0 Å². The van der Waals surface area contributed by atoms with E-state index in [1.54, 1.807) is 6.42 Å². The first-order valence-electron chi connectivity index (χ1n) is 7.64. The molecule has 0 aromatic heterocycles. The maximum atomic E-state index is 12.2. The van der Waals surface area contributed by atoms with E-state index in [0.717, 1.165) is 59.8 Å². The van der Waals surface area contributed by atoms with Crippen molar-refractivity contribution in [2.45, 2.75) is 19.3 Å². The average molecular weight is 229 g/mol. The van der Waals surface area contributed by atoms with Crippen LogP contribution in [0.1, 0.15) is 19.3 Å². The predicted octanol–water partition coefficient (Wildman–Crippen LogP) is 1.52. The molecule has 0 aliphatic heterocycles. The summed E-state index contributed by atoms with van der Waals surface area (Å²) in [7, 11) is 0. The number of fused-ring (bicyclic) bond motifs is 1. The lowest BCUT2D eigenvalue weighted by molar-refractivity contribution is -0.123. The summed E-state index contributed by atoms with van der Waals surface area (Å²) < 4.78 is 0. The van der Waals surface area contributed by atoms with Gasteiger partial charge in [-0.15, -0.1) is 0 Å². The fourth-order valence-electron chi connectivity index (χ4n) is 6.75. The first-order chi connectivity index (χ1) is 8.36. The molecule has 7 aliphatic carbocycles. The zero-order chi connectivity index (χ0) is 10.9. The molecule has 7 rings (SSSR count). The first-order valence-corrected chi connectivity index (χ1v) is 7.64. The standard InChI is InChI=1S/C15H19NO/c17-15(16-4-5-1-2-5)14-12-10-7-3-6-8(10)9(6)11(7)13(12)14/h5-14H,1-4H2,(H,16,17)/t6?,7?,8-,9+,10-,11+,12-,13+,14?. The van der Waals surface area contributed by atoms with Gasteiger partial charge in [-0.25, -0.2) is 0 Å². The number of amides is 1. The fraction of sp³-hybridized carbons (Fsp3) is 0.933. The van der Waals surface area contributed by atoms with Crippen molar-refractivity contribution in [2.75, 3.05) is 6.54 Å². The second-order valence-corrected chi connectivity index (χ2v) is 7.74. The highest BCUT2D eigenvalue weighted by molar-refractivity contribution is 5.83. The number of carbonyl (C=O) groups is 1. The van der Waals surface area contributed by atoms with Crippen LogP contribution in [0, 0.1) is 59.2 Å². The van der Waals surface area contributed by atoms with E-state index in [2.05, 4.69) is 5.32 Å². The Bertz CT molecular complexity index is 418. The average Bonchev–Trinajstić information content (AvgIpc) is 3.28. The van der Waals surface area contributed by atoms with Gasteiger partial charge in [0.2, 0.25) is 5.91 Å². The van der Waals surface area contributed by atoms with Crippen LogP contribution in [0.2, 0.25) is 0 Å². The van der Waals surface area contributed by atoms with Gasteiger partial charge in [-0.1, -0.05) is 0 Å². The van der Waals surface area contributed by atoms with Crippen molar-refractivity contribution in [1.29, 1.82) is 0 Å². The maximum absolute atomic E-state index is 12.2. The van der Waals surface area contributed by atoms with Crippen molar-refractivity contribution < 1.29 is 4.79 Å². The fourth-order valence-corrected chi connectivity index (χ4v) is 6.75. The van der Waals surface area contributed by atoms with Crippen molar-refractivity contribution in [3.05, 3.63) is 0 Å². The van der Waals surface area contributed by atoms with E-state index in [1.807, 2.05) is 0 Å². The maximum Gasteiger partial charge on any atom is 0.223 e. The SMILES string of the molecule is O=C(NCC1CC1)C1[C@@H]2[C@@H]3C4CC5[C@@H]3[C@H]5[C@H]4[C@H]12. The summed E-state index contributed by atoms with van der Waals surface area (Å²) in [6, 6.07) is 0. The minimum atomic E-state index is 0.431. The Labute approximate surface area is 102 Å². The predicted molar refractivity (Wildman–Crippen MR) is 61.8 cm³/mol. The molecule has 2 heteroatoms. The Hall–Kier alpha value is -0.530. The van der Waals surface area contributed by atoms with Crippen LogP contribution in [0.4, 0.5) is 0 Å². The number of hydrogen-bond acceptors (Lipinski definition) is 1. The summed E-state index contributed by atoms with van der Waals surface area (Å²) in [6.07, 6.45) is 4.24. The van der Waals surface area contributed by atoms with E-state index in [4.69, 9.17) is 0 Å². The Balaban J connectivity index is 1.22. The van der Waals surface area contributed by atoms with Crippen molar-refractivity contribution in [2.24, 2.45) is 59.2 Å². The lowest BCUT2D eigenvalue weighted by Gasteiger charge is -2.16. The van der Waals surface area contributed by atoms with Crippen LogP contribution in [-0.4, -0.2) is 12.5 Å². The van der Waals surface area contributed by atoms with Gasteiger partial charge in [-0.3, -0.25) is 4.79 Å². The van der Waals surface area contributed by atoms with Crippen LogP contribution in [0.5, 0.6) is 0 Å². The van der Waals surface area contributed by atoms with Crippen molar-refractivity contribution in [1.82, 2.24) is 5.32 Å². The third kappa shape index (κ3) is 0.794. The van der Waals surface area contributed by atoms with Crippen LogP contribution in [-0.2, 0) is 4.79 Å². The molecule has 9 atom stereocenters. The van der Waals surface area contributed by atoms with E-state index in [0.29, 0.717) is 11.8 Å². The molecule has 0 spiro atoms. The van der Waals surface area contributed by atoms with Crippen LogP contribution >= 0.6 is 0 Å². The minimum Gasteiger partial charge on any atom is -0.356 e. The molecule has 2 nitrogen and oxygen atoms in total. The molecule has 0 saturated heterocycles. The number of nitrogens with one attached hydrogen (secondary N) is 1. The Morgan fingerprint density at radius 3 is 2.06 bits per heavy atom. The first kappa shape index (κ1) is 8.55. The summed E-state index contributed by atoms with van der Waals surface area (Å²) in [5, 5.41) is 3.22. The van der Waals surface area contributed by atoms with Gasteiger partial charge in [0.05, 0.1) is 0 Å². The summed E-state index contributed by atoms with van der Waals surface area (Å²) in [5.41, 5.74) is 0. The Morgan fingerprint density at radius 1 is 0.941 bits per heavy atom. The van der Waals surface area contributed by atoms with E-state index in [9.17, 15) is 4.79 Å². The van der Waals surface area contributed by atoms with E-state index in [1.165, 1.54) is 12.8 Å². The zero-order valence-electron chi connectivity index (χ0n) is 10.0. The molecule has 0 aromatic carbocycles. The lowest BCUT2D eigenvalue weighted by Crippen LogP contribution is -2.30. The summed E-state index contributed by atoms with van der Waals surface area (Å²) in [4.78, 5) is 12.2. The third-order valence-corrected chi connectivity index (χ3v) is 7.30. The van der Waals surface area contributed by atoms with E-state index >= 15 is 0 Å². The molecule has 0 aromatic rings. The molecule has 1 amide bonds. The molecule has 7 aliphatic rings. The van der Waals surface area contributed by atoms with Gasteiger partial charge < -0.3 is 5.32 Å². The normalized spacial score (nSPS) is 66.9. The molecular weight excluding hydrogens is 210 g/mol. The van der Waals surface area contributed by atoms with Gasteiger partial charge in [-0.2, -0.15) is 0 Å². The highest BCUT2D eigenvalue weighted by atomic mass is 16.2. The topological polar surface area (TPSA) is 29.1 Å².